The van der Waals surface area contributed by atoms with Crippen LogP contribution in [0.2, 0.25) is 0 Å². The molecule has 0 bridgehead atoms. The Kier molecular flexibility index (Phi) is 4.29. The third-order valence-corrected chi connectivity index (χ3v) is 4.58. The van der Waals surface area contributed by atoms with Crippen LogP contribution in [0.15, 0.2) is 35.2 Å². The number of aryl methyl sites for hydroxylation is 2. The summed E-state index contributed by atoms with van der Waals surface area (Å²) in [5.41, 5.74) is 2.43. The van der Waals surface area contributed by atoms with Gasteiger partial charge in [0.05, 0.1) is 10.2 Å². The molecule has 22 heavy (non-hydrogen) atoms. The minimum atomic E-state index is -0.397. The summed E-state index contributed by atoms with van der Waals surface area (Å²) in [6.45, 7) is 5.80. The van der Waals surface area contributed by atoms with Crippen molar-refractivity contribution in [3.05, 3.63) is 40.6 Å². The number of benzene rings is 1. The Balaban J connectivity index is 2.12. The van der Waals surface area contributed by atoms with Gasteiger partial charge >= 0.3 is 5.91 Å². The summed E-state index contributed by atoms with van der Waals surface area (Å²) in [7, 11) is 0. The van der Waals surface area contributed by atoms with E-state index in [1.165, 1.54) is 28.7 Å². The number of hydrogen-bond acceptors (Lipinski definition) is 4. The van der Waals surface area contributed by atoms with E-state index in [0.717, 1.165) is 17.7 Å². The smallest absolute Gasteiger partial charge is 0.317 e. The lowest BCUT2D eigenvalue weighted by Crippen LogP contribution is -2.19. The van der Waals surface area contributed by atoms with Crippen LogP contribution in [0.4, 0.5) is 0 Å². The molecule has 1 aliphatic rings. The zero-order valence-electron chi connectivity index (χ0n) is 12.7. The van der Waals surface area contributed by atoms with Gasteiger partial charge in [-0.25, -0.2) is 0 Å². The van der Waals surface area contributed by atoms with E-state index in [1.807, 2.05) is 6.07 Å². The van der Waals surface area contributed by atoms with Gasteiger partial charge in [-0.3, -0.25) is 4.79 Å². The second-order valence-corrected chi connectivity index (χ2v) is 5.87. The second-order valence-electron chi connectivity index (χ2n) is 4.86. The number of para-hydroxylation sites is 1. The molecule has 116 valence electrons. The average molecular weight is 318 g/mol. The maximum absolute atomic E-state index is 12.2. The van der Waals surface area contributed by atoms with Crippen molar-refractivity contribution in [2.45, 2.75) is 26.8 Å². The van der Waals surface area contributed by atoms with E-state index in [-0.39, 0.29) is 5.76 Å². The zero-order valence-corrected chi connectivity index (χ0v) is 13.5. The van der Waals surface area contributed by atoms with E-state index < -0.39 is 5.91 Å². The van der Waals surface area contributed by atoms with Crippen LogP contribution < -0.4 is 4.80 Å². The summed E-state index contributed by atoms with van der Waals surface area (Å²) < 4.78 is 13.6. The van der Waals surface area contributed by atoms with Crippen molar-refractivity contribution in [2.75, 3.05) is 13.2 Å². The lowest BCUT2D eigenvalue weighted by Gasteiger charge is -2.12. The Morgan fingerprint density at radius 2 is 2.23 bits per heavy atom. The molecule has 0 N–H and O–H groups in total. The SMILES string of the molecule is CCc1cccc2sc(=NC(=O)C3=COCCO3)n(CC)c12. The summed E-state index contributed by atoms with van der Waals surface area (Å²) in [6, 6.07) is 6.23. The van der Waals surface area contributed by atoms with E-state index in [4.69, 9.17) is 9.47 Å². The van der Waals surface area contributed by atoms with E-state index >= 15 is 0 Å². The lowest BCUT2D eigenvalue weighted by molar-refractivity contribution is -0.119. The summed E-state index contributed by atoms with van der Waals surface area (Å²) >= 11 is 1.52. The van der Waals surface area contributed by atoms with E-state index in [2.05, 4.69) is 35.5 Å². The largest absolute Gasteiger partial charge is 0.494 e. The lowest BCUT2D eigenvalue weighted by atomic mass is 10.1. The number of rotatable bonds is 3. The van der Waals surface area contributed by atoms with Crippen LogP contribution in [-0.4, -0.2) is 23.7 Å². The van der Waals surface area contributed by atoms with Crippen LogP contribution in [0.5, 0.6) is 0 Å². The normalized spacial score (nSPS) is 15.4. The molecule has 1 amide bonds. The van der Waals surface area contributed by atoms with Crippen LogP contribution in [0.3, 0.4) is 0 Å². The number of ether oxygens (including phenoxy) is 2. The molecule has 0 spiro atoms. The summed E-state index contributed by atoms with van der Waals surface area (Å²) in [5.74, 6) is -0.228. The van der Waals surface area contributed by atoms with Crippen LogP contribution in [0.1, 0.15) is 19.4 Å². The standard InChI is InChI=1S/C16H18N2O3S/c1-3-11-6-5-7-13-14(11)18(4-2)16(22-13)17-15(19)12-10-20-8-9-21-12/h5-7,10H,3-4,8-9H2,1-2H3. The average Bonchev–Trinajstić information content (AvgIpc) is 2.92. The molecule has 0 unspecified atom stereocenters. The molecule has 0 fully saturated rings. The van der Waals surface area contributed by atoms with Crippen LogP contribution in [0, 0.1) is 0 Å². The van der Waals surface area contributed by atoms with Crippen molar-refractivity contribution >= 4 is 27.5 Å². The van der Waals surface area contributed by atoms with E-state index in [1.54, 1.807) is 0 Å². The predicted molar refractivity (Wildman–Crippen MR) is 85.4 cm³/mol. The fourth-order valence-corrected chi connectivity index (χ4v) is 3.63. The maximum Gasteiger partial charge on any atom is 0.317 e. The van der Waals surface area contributed by atoms with Gasteiger partial charge in [0.15, 0.2) is 4.80 Å². The van der Waals surface area contributed by atoms with Gasteiger partial charge in [-0.2, -0.15) is 4.99 Å². The number of nitrogens with zero attached hydrogens (tertiary/aromatic N) is 2. The first-order chi connectivity index (χ1) is 10.7. The Morgan fingerprint density at radius 1 is 1.36 bits per heavy atom. The number of aromatic nitrogens is 1. The summed E-state index contributed by atoms with van der Waals surface area (Å²) in [5, 5.41) is 0. The number of fused-ring (bicyclic) bond motifs is 1. The summed E-state index contributed by atoms with van der Waals surface area (Å²) in [6.07, 6.45) is 2.29. The van der Waals surface area contributed by atoms with Crippen molar-refractivity contribution in [2.24, 2.45) is 4.99 Å². The van der Waals surface area contributed by atoms with E-state index in [9.17, 15) is 4.79 Å². The molecule has 1 aromatic heterocycles. The monoisotopic (exact) mass is 318 g/mol. The van der Waals surface area contributed by atoms with Crippen molar-refractivity contribution in [1.82, 2.24) is 4.57 Å². The Morgan fingerprint density at radius 3 is 2.91 bits per heavy atom. The molecule has 1 aromatic carbocycles. The zero-order chi connectivity index (χ0) is 15.5. The highest BCUT2D eigenvalue weighted by Gasteiger charge is 2.15. The molecule has 0 saturated carbocycles. The van der Waals surface area contributed by atoms with Crippen molar-refractivity contribution < 1.29 is 14.3 Å². The Labute approximate surface area is 132 Å². The number of hydrogen-bond donors (Lipinski definition) is 0. The topological polar surface area (TPSA) is 52.8 Å². The minimum absolute atomic E-state index is 0.169. The van der Waals surface area contributed by atoms with Crippen molar-refractivity contribution in [1.29, 1.82) is 0 Å². The molecule has 3 rings (SSSR count). The Bertz CT molecular complexity index is 801. The van der Waals surface area contributed by atoms with Gasteiger partial charge < -0.3 is 14.0 Å². The van der Waals surface area contributed by atoms with Gasteiger partial charge in [-0.05, 0) is 25.0 Å². The van der Waals surface area contributed by atoms with Gasteiger partial charge in [0.2, 0.25) is 5.76 Å². The quantitative estimate of drug-likeness (QED) is 0.874. The van der Waals surface area contributed by atoms with Gasteiger partial charge in [0.25, 0.3) is 0 Å². The van der Waals surface area contributed by atoms with Gasteiger partial charge in [-0.1, -0.05) is 30.4 Å². The molecule has 5 nitrogen and oxygen atoms in total. The molecule has 0 atom stereocenters. The number of amides is 1. The highest BCUT2D eigenvalue weighted by Crippen LogP contribution is 2.22. The minimum Gasteiger partial charge on any atom is -0.494 e. The number of carbonyl (C=O) groups is 1. The first kappa shape index (κ1) is 14.8. The van der Waals surface area contributed by atoms with Crippen LogP contribution >= 0.6 is 11.3 Å². The van der Waals surface area contributed by atoms with Gasteiger partial charge in [0.1, 0.15) is 19.5 Å². The molecule has 1 aliphatic heterocycles. The van der Waals surface area contributed by atoms with Crippen molar-refractivity contribution in [3.8, 4) is 0 Å². The molecular weight excluding hydrogens is 300 g/mol. The fourth-order valence-electron chi connectivity index (χ4n) is 2.49. The molecule has 0 radical (unpaired) electrons. The van der Waals surface area contributed by atoms with Gasteiger partial charge in [-0.15, -0.1) is 0 Å². The number of carbonyl (C=O) groups excluding carboxylic acids is 1. The molecule has 0 saturated heterocycles. The third-order valence-electron chi connectivity index (χ3n) is 3.54. The summed E-state index contributed by atoms with van der Waals surface area (Å²) in [4.78, 5) is 17.1. The molecule has 0 aliphatic carbocycles. The van der Waals surface area contributed by atoms with Gasteiger partial charge in [0, 0.05) is 6.54 Å². The fraction of sp³-hybridized carbons (Fsp3) is 0.375. The molecule has 2 heterocycles. The maximum atomic E-state index is 12.2. The second kappa shape index (κ2) is 6.36. The Hall–Kier alpha value is -2.08. The molecule has 6 heteroatoms. The first-order valence-corrected chi connectivity index (χ1v) is 8.21. The molecule has 2 aromatic rings. The van der Waals surface area contributed by atoms with Crippen LogP contribution in [-0.2, 0) is 27.2 Å². The van der Waals surface area contributed by atoms with E-state index in [0.29, 0.717) is 18.0 Å². The highest BCUT2D eigenvalue weighted by atomic mass is 32.1. The first-order valence-electron chi connectivity index (χ1n) is 7.39. The van der Waals surface area contributed by atoms with Crippen molar-refractivity contribution in [3.63, 3.8) is 0 Å². The third kappa shape index (κ3) is 2.66. The molecular formula is C16H18N2O3S. The number of thiazole rings is 1. The predicted octanol–water partition coefficient (Wildman–Crippen LogP) is 2.60. The van der Waals surface area contributed by atoms with Crippen LogP contribution in [0.25, 0.3) is 10.2 Å². The highest BCUT2D eigenvalue weighted by molar-refractivity contribution is 7.16.